The number of hydrogen-bond acceptors (Lipinski definition) is 5. The summed E-state index contributed by atoms with van der Waals surface area (Å²) in [5, 5.41) is 0. The predicted octanol–water partition coefficient (Wildman–Crippen LogP) is 1.92. The third-order valence-corrected chi connectivity index (χ3v) is 3.76. The first-order valence-electron chi connectivity index (χ1n) is 7.28. The molecule has 1 aromatic rings. The van der Waals surface area contributed by atoms with Crippen molar-refractivity contribution in [2.24, 2.45) is 5.73 Å². The number of rotatable bonds is 1. The van der Waals surface area contributed by atoms with Crippen LogP contribution in [-0.2, 0) is 4.74 Å². The van der Waals surface area contributed by atoms with Crippen molar-refractivity contribution in [3.8, 4) is 0 Å². The van der Waals surface area contributed by atoms with Gasteiger partial charge in [-0.25, -0.2) is 14.8 Å². The molecule has 116 valence electrons. The van der Waals surface area contributed by atoms with E-state index in [0.717, 1.165) is 12.0 Å². The zero-order valence-electron chi connectivity index (χ0n) is 13.1. The van der Waals surface area contributed by atoms with Crippen molar-refractivity contribution in [3.05, 3.63) is 24.3 Å². The standard InChI is InChI=1S/C15H24N4O2/c1-10-13(16)5-11(12-6-17-9-18-7-12)8-19(10)14(20)21-15(2,3)4/h6-7,9-11,13H,5,8,16H2,1-4H3. The summed E-state index contributed by atoms with van der Waals surface area (Å²) in [6.07, 6.45) is 5.57. The van der Waals surface area contributed by atoms with Crippen LogP contribution in [0.4, 0.5) is 4.79 Å². The van der Waals surface area contributed by atoms with E-state index in [9.17, 15) is 4.79 Å². The summed E-state index contributed by atoms with van der Waals surface area (Å²) < 4.78 is 5.48. The maximum absolute atomic E-state index is 12.4. The lowest BCUT2D eigenvalue weighted by atomic mass is 9.86. The SMILES string of the molecule is CC1C(N)CC(c2cncnc2)CN1C(=O)OC(C)(C)C. The summed E-state index contributed by atoms with van der Waals surface area (Å²) in [7, 11) is 0. The minimum absolute atomic E-state index is 0.0410. The second kappa shape index (κ2) is 5.97. The zero-order chi connectivity index (χ0) is 15.6. The smallest absolute Gasteiger partial charge is 0.410 e. The van der Waals surface area contributed by atoms with E-state index in [1.807, 2.05) is 27.7 Å². The lowest BCUT2D eigenvalue weighted by molar-refractivity contribution is 0.00663. The first-order chi connectivity index (χ1) is 9.78. The molecule has 6 nitrogen and oxygen atoms in total. The molecule has 0 bridgehead atoms. The molecule has 1 saturated heterocycles. The van der Waals surface area contributed by atoms with Crippen molar-refractivity contribution in [3.63, 3.8) is 0 Å². The average Bonchev–Trinajstić information content (AvgIpc) is 2.40. The molecule has 0 aliphatic carbocycles. The van der Waals surface area contributed by atoms with Crippen molar-refractivity contribution in [1.29, 1.82) is 0 Å². The molecule has 0 spiro atoms. The Hall–Kier alpha value is -1.69. The molecule has 1 amide bonds. The van der Waals surface area contributed by atoms with E-state index in [0.29, 0.717) is 6.54 Å². The van der Waals surface area contributed by atoms with E-state index >= 15 is 0 Å². The largest absolute Gasteiger partial charge is 0.444 e. The number of amides is 1. The van der Waals surface area contributed by atoms with Crippen LogP contribution in [0, 0.1) is 0 Å². The van der Waals surface area contributed by atoms with Gasteiger partial charge in [-0.2, -0.15) is 0 Å². The zero-order valence-corrected chi connectivity index (χ0v) is 13.1. The second-order valence-electron chi connectivity index (χ2n) is 6.64. The topological polar surface area (TPSA) is 81.3 Å². The maximum atomic E-state index is 12.4. The lowest BCUT2D eigenvalue weighted by Gasteiger charge is -2.42. The molecule has 21 heavy (non-hydrogen) atoms. The molecule has 0 radical (unpaired) electrons. The molecular formula is C15H24N4O2. The fraction of sp³-hybridized carbons (Fsp3) is 0.667. The highest BCUT2D eigenvalue weighted by Crippen LogP contribution is 2.29. The number of piperidine rings is 1. The summed E-state index contributed by atoms with van der Waals surface area (Å²) in [5.74, 6) is 0.143. The Morgan fingerprint density at radius 2 is 2.00 bits per heavy atom. The number of nitrogens with two attached hydrogens (primary N) is 1. The van der Waals surface area contributed by atoms with Gasteiger partial charge in [0.05, 0.1) is 0 Å². The van der Waals surface area contributed by atoms with E-state index in [1.54, 1.807) is 17.3 Å². The third-order valence-electron chi connectivity index (χ3n) is 3.76. The van der Waals surface area contributed by atoms with Crippen LogP contribution in [0.1, 0.15) is 45.6 Å². The molecule has 1 fully saturated rings. The Kier molecular flexibility index (Phi) is 4.46. The van der Waals surface area contributed by atoms with Gasteiger partial charge in [0.25, 0.3) is 0 Å². The fourth-order valence-electron chi connectivity index (χ4n) is 2.56. The van der Waals surface area contributed by atoms with Crippen LogP contribution in [0.15, 0.2) is 18.7 Å². The number of nitrogens with zero attached hydrogens (tertiary/aromatic N) is 3. The first-order valence-corrected chi connectivity index (χ1v) is 7.28. The fourth-order valence-corrected chi connectivity index (χ4v) is 2.56. The van der Waals surface area contributed by atoms with Crippen molar-refractivity contribution < 1.29 is 9.53 Å². The van der Waals surface area contributed by atoms with Crippen LogP contribution in [0.5, 0.6) is 0 Å². The monoisotopic (exact) mass is 292 g/mol. The van der Waals surface area contributed by atoms with Crippen molar-refractivity contribution in [2.45, 2.75) is 57.7 Å². The summed E-state index contributed by atoms with van der Waals surface area (Å²) in [6, 6.07) is -0.128. The minimum Gasteiger partial charge on any atom is -0.444 e. The Labute approximate surface area is 125 Å². The highest BCUT2D eigenvalue weighted by molar-refractivity contribution is 5.69. The lowest BCUT2D eigenvalue weighted by Crippen LogP contribution is -2.56. The second-order valence-corrected chi connectivity index (χ2v) is 6.64. The van der Waals surface area contributed by atoms with Gasteiger partial charge in [-0.05, 0) is 39.7 Å². The quantitative estimate of drug-likeness (QED) is 0.855. The van der Waals surface area contributed by atoms with Crippen LogP contribution in [0.2, 0.25) is 0 Å². The number of aromatic nitrogens is 2. The van der Waals surface area contributed by atoms with E-state index in [4.69, 9.17) is 10.5 Å². The van der Waals surface area contributed by atoms with Gasteiger partial charge in [-0.1, -0.05) is 0 Å². The predicted molar refractivity (Wildman–Crippen MR) is 79.8 cm³/mol. The van der Waals surface area contributed by atoms with Gasteiger partial charge in [-0.15, -0.1) is 0 Å². The molecule has 0 saturated carbocycles. The summed E-state index contributed by atoms with van der Waals surface area (Å²) >= 11 is 0. The molecule has 6 heteroatoms. The highest BCUT2D eigenvalue weighted by Gasteiger charge is 2.37. The first kappa shape index (κ1) is 15.7. The van der Waals surface area contributed by atoms with Crippen molar-refractivity contribution in [2.75, 3.05) is 6.54 Å². The van der Waals surface area contributed by atoms with Gasteiger partial charge in [-0.3, -0.25) is 0 Å². The Morgan fingerprint density at radius 3 is 2.57 bits per heavy atom. The Morgan fingerprint density at radius 1 is 1.38 bits per heavy atom. The van der Waals surface area contributed by atoms with E-state index < -0.39 is 5.60 Å². The highest BCUT2D eigenvalue weighted by atomic mass is 16.6. The maximum Gasteiger partial charge on any atom is 0.410 e. The molecular weight excluding hydrogens is 268 g/mol. The number of carbonyl (C=O) groups is 1. The summed E-state index contributed by atoms with van der Waals surface area (Å²) in [4.78, 5) is 22.2. The van der Waals surface area contributed by atoms with E-state index in [2.05, 4.69) is 9.97 Å². The number of likely N-dealkylation sites (tertiary alicyclic amines) is 1. The van der Waals surface area contributed by atoms with E-state index in [-0.39, 0.29) is 24.1 Å². The third kappa shape index (κ3) is 3.91. The average molecular weight is 292 g/mol. The molecule has 0 aromatic carbocycles. The molecule has 2 rings (SSSR count). The van der Waals surface area contributed by atoms with E-state index in [1.165, 1.54) is 6.33 Å². The van der Waals surface area contributed by atoms with Gasteiger partial charge in [0, 0.05) is 36.9 Å². The van der Waals surface area contributed by atoms with Gasteiger partial charge >= 0.3 is 6.09 Å². The van der Waals surface area contributed by atoms with Crippen LogP contribution < -0.4 is 5.73 Å². The van der Waals surface area contributed by atoms with Gasteiger partial charge in [0.2, 0.25) is 0 Å². The van der Waals surface area contributed by atoms with Crippen LogP contribution in [-0.4, -0.2) is 45.2 Å². The van der Waals surface area contributed by atoms with Crippen LogP contribution >= 0.6 is 0 Å². The van der Waals surface area contributed by atoms with Gasteiger partial charge < -0.3 is 15.4 Å². The molecule has 1 aliphatic rings. The number of hydrogen-bond donors (Lipinski definition) is 1. The van der Waals surface area contributed by atoms with Gasteiger partial charge in [0.15, 0.2) is 0 Å². The van der Waals surface area contributed by atoms with Crippen LogP contribution in [0.25, 0.3) is 0 Å². The molecule has 1 aromatic heterocycles. The minimum atomic E-state index is -0.510. The summed E-state index contributed by atoms with van der Waals surface area (Å²) in [6.45, 7) is 8.13. The molecule has 2 N–H and O–H groups in total. The Balaban J connectivity index is 2.15. The van der Waals surface area contributed by atoms with Crippen molar-refractivity contribution in [1.82, 2.24) is 14.9 Å². The number of ether oxygens (including phenoxy) is 1. The summed E-state index contributed by atoms with van der Waals surface area (Å²) in [5.41, 5.74) is 6.71. The van der Waals surface area contributed by atoms with Gasteiger partial charge in [0.1, 0.15) is 11.9 Å². The van der Waals surface area contributed by atoms with Crippen LogP contribution in [0.3, 0.4) is 0 Å². The molecule has 3 unspecified atom stereocenters. The Bertz CT molecular complexity index is 486. The molecule has 1 aliphatic heterocycles. The van der Waals surface area contributed by atoms with Crippen molar-refractivity contribution >= 4 is 6.09 Å². The molecule has 3 atom stereocenters. The number of carbonyl (C=O) groups excluding carboxylic acids is 1. The normalized spacial score (nSPS) is 26.5. The molecule has 2 heterocycles.